The second-order valence-electron chi connectivity index (χ2n) is 4.47. The highest BCUT2D eigenvalue weighted by molar-refractivity contribution is 7.07. The van der Waals surface area contributed by atoms with Gasteiger partial charge in [-0.25, -0.2) is 0 Å². The number of rotatable bonds is 4. The number of thiophene rings is 1. The minimum Gasteiger partial charge on any atom is -0.271 e. The smallest absolute Gasteiger partial charge is 0.0705 e. The van der Waals surface area contributed by atoms with Crippen LogP contribution in [0.25, 0.3) is 10.9 Å². The molecule has 4 heteroatoms. The Morgan fingerprint density at radius 3 is 2.89 bits per heavy atom. The zero-order valence-electron chi connectivity index (χ0n) is 10.4. The van der Waals surface area contributed by atoms with Crippen LogP contribution in [-0.4, -0.2) is 4.98 Å². The number of benzene rings is 1. The first-order valence-corrected chi connectivity index (χ1v) is 7.13. The quantitative estimate of drug-likeness (QED) is 0.565. The van der Waals surface area contributed by atoms with E-state index in [-0.39, 0.29) is 6.04 Å². The van der Waals surface area contributed by atoms with Crippen molar-refractivity contribution in [2.45, 2.75) is 12.5 Å². The molecule has 0 aliphatic heterocycles. The van der Waals surface area contributed by atoms with Gasteiger partial charge in [0.2, 0.25) is 0 Å². The molecule has 3 rings (SSSR count). The number of para-hydroxylation sites is 1. The van der Waals surface area contributed by atoms with Crippen LogP contribution in [0.15, 0.2) is 53.4 Å². The van der Waals surface area contributed by atoms with Crippen LogP contribution in [0.5, 0.6) is 0 Å². The lowest BCUT2D eigenvalue weighted by Gasteiger charge is -2.17. The summed E-state index contributed by atoms with van der Waals surface area (Å²) in [5, 5.41) is 5.41. The molecule has 0 bridgehead atoms. The Bertz CT molecular complexity index is 659. The predicted molar refractivity (Wildman–Crippen MR) is 79.8 cm³/mol. The summed E-state index contributed by atoms with van der Waals surface area (Å²) in [6.07, 6.45) is 2.73. The summed E-state index contributed by atoms with van der Waals surface area (Å²) in [5.74, 6) is 5.75. The first kappa shape index (κ1) is 12.3. The number of hydrazine groups is 1. The minimum absolute atomic E-state index is 0.0995. The Labute approximate surface area is 116 Å². The van der Waals surface area contributed by atoms with Crippen LogP contribution in [0, 0.1) is 0 Å². The highest BCUT2D eigenvalue weighted by Crippen LogP contribution is 2.25. The van der Waals surface area contributed by atoms with Gasteiger partial charge in [0.1, 0.15) is 0 Å². The normalized spacial score (nSPS) is 12.7. The van der Waals surface area contributed by atoms with Crippen molar-refractivity contribution in [1.82, 2.24) is 10.4 Å². The Kier molecular flexibility index (Phi) is 3.55. The maximum atomic E-state index is 5.75. The number of nitrogens with two attached hydrogens (primary N) is 1. The van der Waals surface area contributed by atoms with Crippen molar-refractivity contribution < 1.29 is 0 Å². The molecular formula is C15H15N3S. The molecule has 96 valence electrons. The molecule has 3 nitrogen and oxygen atoms in total. The summed E-state index contributed by atoms with van der Waals surface area (Å²) in [5.41, 5.74) is 6.42. The molecule has 2 heterocycles. The third-order valence-electron chi connectivity index (χ3n) is 3.28. The van der Waals surface area contributed by atoms with E-state index in [1.807, 2.05) is 30.5 Å². The molecule has 0 radical (unpaired) electrons. The number of pyridine rings is 1. The van der Waals surface area contributed by atoms with E-state index in [0.717, 1.165) is 17.3 Å². The SMILES string of the molecule is NNC(Cc1ccsc1)c1ccnc2ccccc12. The van der Waals surface area contributed by atoms with E-state index in [1.54, 1.807) is 11.3 Å². The summed E-state index contributed by atoms with van der Waals surface area (Å²) < 4.78 is 0. The fourth-order valence-corrected chi connectivity index (χ4v) is 3.01. The number of hydrogen-bond donors (Lipinski definition) is 2. The van der Waals surface area contributed by atoms with Gasteiger partial charge in [-0.15, -0.1) is 0 Å². The molecule has 0 aliphatic carbocycles. The van der Waals surface area contributed by atoms with Crippen LogP contribution in [-0.2, 0) is 6.42 Å². The summed E-state index contributed by atoms with van der Waals surface area (Å²) in [4.78, 5) is 4.39. The largest absolute Gasteiger partial charge is 0.271 e. The Balaban J connectivity index is 2.01. The number of nitrogens with zero attached hydrogens (tertiary/aromatic N) is 1. The predicted octanol–water partition coefficient (Wildman–Crippen LogP) is 3.04. The second kappa shape index (κ2) is 5.48. The van der Waals surface area contributed by atoms with Gasteiger partial charge in [0, 0.05) is 11.6 Å². The molecule has 3 aromatic rings. The van der Waals surface area contributed by atoms with E-state index < -0.39 is 0 Å². The van der Waals surface area contributed by atoms with E-state index in [0.29, 0.717) is 0 Å². The van der Waals surface area contributed by atoms with E-state index in [1.165, 1.54) is 11.1 Å². The van der Waals surface area contributed by atoms with Crippen LogP contribution in [0.4, 0.5) is 0 Å². The molecule has 2 aromatic heterocycles. The third-order valence-corrected chi connectivity index (χ3v) is 4.01. The van der Waals surface area contributed by atoms with Gasteiger partial charge in [0.15, 0.2) is 0 Å². The van der Waals surface area contributed by atoms with Crippen molar-refractivity contribution in [2.75, 3.05) is 0 Å². The maximum absolute atomic E-state index is 5.75. The lowest BCUT2D eigenvalue weighted by molar-refractivity contribution is 0.556. The van der Waals surface area contributed by atoms with Gasteiger partial charge in [-0.2, -0.15) is 11.3 Å². The average Bonchev–Trinajstić information content (AvgIpc) is 2.97. The zero-order chi connectivity index (χ0) is 13.1. The van der Waals surface area contributed by atoms with Crippen LogP contribution >= 0.6 is 11.3 Å². The van der Waals surface area contributed by atoms with Gasteiger partial charge < -0.3 is 0 Å². The summed E-state index contributed by atoms with van der Waals surface area (Å²) in [7, 11) is 0. The van der Waals surface area contributed by atoms with E-state index in [9.17, 15) is 0 Å². The fraction of sp³-hybridized carbons (Fsp3) is 0.133. The van der Waals surface area contributed by atoms with Crippen LogP contribution in [0.1, 0.15) is 17.2 Å². The second-order valence-corrected chi connectivity index (χ2v) is 5.25. The van der Waals surface area contributed by atoms with Gasteiger partial charge in [0.25, 0.3) is 0 Å². The van der Waals surface area contributed by atoms with Crippen molar-refractivity contribution in [3.8, 4) is 0 Å². The Hall–Kier alpha value is -1.75. The van der Waals surface area contributed by atoms with Gasteiger partial charge in [-0.3, -0.25) is 16.3 Å². The summed E-state index contributed by atoms with van der Waals surface area (Å²) in [6.45, 7) is 0. The molecule has 0 spiro atoms. The highest BCUT2D eigenvalue weighted by Gasteiger charge is 2.14. The minimum atomic E-state index is 0.0995. The third kappa shape index (κ3) is 2.51. The van der Waals surface area contributed by atoms with Crippen molar-refractivity contribution >= 4 is 22.2 Å². The van der Waals surface area contributed by atoms with Gasteiger partial charge in [-0.1, -0.05) is 18.2 Å². The lowest BCUT2D eigenvalue weighted by Crippen LogP contribution is -2.29. The molecule has 0 amide bonds. The number of hydrogen-bond acceptors (Lipinski definition) is 4. The molecular weight excluding hydrogens is 254 g/mol. The molecule has 1 aromatic carbocycles. The van der Waals surface area contributed by atoms with Crippen molar-refractivity contribution in [3.63, 3.8) is 0 Å². The van der Waals surface area contributed by atoms with Gasteiger partial charge in [0.05, 0.1) is 11.6 Å². The first-order valence-electron chi connectivity index (χ1n) is 6.19. The zero-order valence-corrected chi connectivity index (χ0v) is 11.2. The van der Waals surface area contributed by atoms with Gasteiger partial charge in [-0.05, 0) is 46.5 Å². The topological polar surface area (TPSA) is 50.9 Å². The first-order chi connectivity index (χ1) is 9.38. The Morgan fingerprint density at radius 2 is 2.11 bits per heavy atom. The molecule has 0 saturated carbocycles. The molecule has 3 N–H and O–H groups in total. The van der Waals surface area contributed by atoms with Crippen LogP contribution < -0.4 is 11.3 Å². The molecule has 0 fully saturated rings. The van der Waals surface area contributed by atoms with E-state index in [4.69, 9.17) is 5.84 Å². The maximum Gasteiger partial charge on any atom is 0.0705 e. The fourth-order valence-electron chi connectivity index (χ4n) is 2.32. The number of aromatic nitrogens is 1. The van der Waals surface area contributed by atoms with E-state index in [2.05, 4.69) is 33.3 Å². The molecule has 0 aliphatic rings. The summed E-state index contributed by atoms with van der Waals surface area (Å²) >= 11 is 1.71. The van der Waals surface area contributed by atoms with Crippen molar-refractivity contribution in [1.29, 1.82) is 0 Å². The molecule has 1 unspecified atom stereocenters. The average molecular weight is 269 g/mol. The van der Waals surface area contributed by atoms with Crippen molar-refractivity contribution in [2.24, 2.45) is 5.84 Å². The van der Waals surface area contributed by atoms with E-state index >= 15 is 0 Å². The highest BCUT2D eigenvalue weighted by atomic mass is 32.1. The van der Waals surface area contributed by atoms with Crippen LogP contribution in [0.3, 0.4) is 0 Å². The summed E-state index contributed by atoms with van der Waals surface area (Å²) in [6, 6.07) is 12.4. The monoisotopic (exact) mass is 269 g/mol. The van der Waals surface area contributed by atoms with Crippen molar-refractivity contribution in [3.05, 3.63) is 64.5 Å². The Morgan fingerprint density at radius 1 is 1.21 bits per heavy atom. The number of fused-ring (bicyclic) bond motifs is 1. The van der Waals surface area contributed by atoms with Crippen LogP contribution in [0.2, 0.25) is 0 Å². The molecule has 19 heavy (non-hydrogen) atoms. The number of nitrogens with one attached hydrogen (secondary N) is 1. The molecule has 1 atom stereocenters. The lowest BCUT2D eigenvalue weighted by atomic mass is 9.98. The molecule has 0 saturated heterocycles. The van der Waals surface area contributed by atoms with Gasteiger partial charge >= 0.3 is 0 Å². The standard InChI is InChI=1S/C15H15N3S/c16-18-15(9-11-6-8-19-10-11)13-5-7-17-14-4-2-1-3-12(13)14/h1-8,10,15,18H,9,16H2.